The number of rotatable bonds is 8. The highest BCUT2D eigenvalue weighted by atomic mass is 32.2. The van der Waals surface area contributed by atoms with Crippen LogP contribution in [0.25, 0.3) is 5.65 Å². The van der Waals surface area contributed by atoms with Gasteiger partial charge in [-0.1, -0.05) is 6.07 Å². The number of ether oxygens (including phenoxy) is 1. The minimum atomic E-state index is -3.69. The van der Waals surface area contributed by atoms with E-state index in [1.54, 1.807) is 6.20 Å². The van der Waals surface area contributed by atoms with E-state index in [1.807, 2.05) is 16.7 Å². The third-order valence-corrected chi connectivity index (χ3v) is 5.41. The van der Waals surface area contributed by atoms with E-state index in [0.717, 1.165) is 11.9 Å². The van der Waals surface area contributed by atoms with Gasteiger partial charge in [0.2, 0.25) is 0 Å². The molecular formula is C19H22N4O5S. The Bertz CT molecular complexity index is 1150. The van der Waals surface area contributed by atoms with Crippen LogP contribution in [0.15, 0.2) is 30.7 Å². The third-order valence-electron chi connectivity index (χ3n) is 4.83. The van der Waals surface area contributed by atoms with Crippen LogP contribution in [-0.4, -0.2) is 47.1 Å². The van der Waals surface area contributed by atoms with Crippen LogP contribution in [0.4, 0.5) is 0 Å². The van der Waals surface area contributed by atoms with Crippen LogP contribution in [0.1, 0.15) is 58.9 Å². The Morgan fingerprint density at radius 1 is 1.31 bits per heavy atom. The Morgan fingerprint density at radius 3 is 2.79 bits per heavy atom. The molecule has 1 aliphatic carbocycles. The number of aryl methyl sites for hydroxylation is 1. The SMILES string of the molecule is COC(=O)c1c[nH]c(CCC(OS(C)(=O)=O)c2cn3cc(C4CC4)ccc3n2)n1. The maximum absolute atomic E-state index is 11.8. The number of pyridine rings is 1. The van der Waals surface area contributed by atoms with Crippen molar-refractivity contribution < 1.29 is 22.1 Å². The number of aromatic amines is 1. The molecule has 3 aromatic rings. The normalized spacial score (nSPS) is 15.5. The van der Waals surface area contributed by atoms with Crippen molar-refractivity contribution in [3.8, 4) is 0 Å². The minimum absolute atomic E-state index is 0.170. The number of fused-ring (bicyclic) bond motifs is 1. The van der Waals surface area contributed by atoms with Gasteiger partial charge in [-0.05, 0) is 36.8 Å². The summed E-state index contributed by atoms with van der Waals surface area (Å²) in [6.07, 6.45) is 8.64. The Hall–Kier alpha value is -2.72. The molecule has 1 N–H and O–H groups in total. The molecule has 0 saturated heterocycles. The van der Waals surface area contributed by atoms with Crippen molar-refractivity contribution in [2.24, 2.45) is 0 Å². The van der Waals surface area contributed by atoms with Gasteiger partial charge in [0.1, 0.15) is 17.6 Å². The van der Waals surface area contributed by atoms with E-state index in [2.05, 4.69) is 25.8 Å². The summed E-state index contributed by atoms with van der Waals surface area (Å²) >= 11 is 0. The highest BCUT2D eigenvalue weighted by Gasteiger charge is 2.25. The van der Waals surface area contributed by atoms with Crippen molar-refractivity contribution in [2.45, 2.75) is 37.7 Å². The number of hydrogen-bond donors (Lipinski definition) is 1. The molecule has 0 spiro atoms. The lowest BCUT2D eigenvalue weighted by atomic mass is 10.1. The quantitative estimate of drug-likeness (QED) is 0.441. The van der Waals surface area contributed by atoms with Crippen molar-refractivity contribution >= 4 is 21.7 Å². The second-order valence-electron chi connectivity index (χ2n) is 7.22. The van der Waals surface area contributed by atoms with E-state index in [-0.39, 0.29) is 5.69 Å². The van der Waals surface area contributed by atoms with Gasteiger partial charge in [0, 0.05) is 25.0 Å². The number of nitrogens with zero attached hydrogens (tertiary/aromatic N) is 3. The monoisotopic (exact) mass is 418 g/mol. The Kier molecular flexibility index (Phi) is 5.13. The average molecular weight is 418 g/mol. The molecule has 0 amide bonds. The number of hydrogen-bond acceptors (Lipinski definition) is 7. The van der Waals surface area contributed by atoms with E-state index in [4.69, 9.17) is 4.18 Å². The maximum Gasteiger partial charge on any atom is 0.358 e. The fourth-order valence-corrected chi connectivity index (χ4v) is 3.88. The lowest BCUT2D eigenvalue weighted by Gasteiger charge is -2.13. The topological polar surface area (TPSA) is 116 Å². The van der Waals surface area contributed by atoms with Crippen LogP contribution in [0, 0.1) is 0 Å². The Morgan fingerprint density at radius 2 is 2.10 bits per heavy atom. The zero-order chi connectivity index (χ0) is 20.6. The smallest absolute Gasteiger partial charge is 0.358 e. The first-order valence-corrected chi connectivity index (χ1v) is 11.1. The molecule has 9 nitrogen and oxygen atoms in total. The molecule has 3 heterocycles. The predicted molar refractivity (Wildman–Crippen MR) is 104 cm³/mol. The summed E-state index contributed by atoms with van der Waals surface area (Å²) in [6.45, 7) is 0. The van der Waals surface area contributed by atoms with Gasteiger partial charge >= 0.3 is 5.97 Å². The number of carbonyl (C=O) groups excluding carboxylic acids is 1. The lowest BCUT2D eigenvalue weighted by molar-refractivity contribution is 0.0594. The minimum Gasteiger partial charge on any atom is -0.464 e. The first kappa shape index (κ1) is 19.6. The van der Waals surface area contributed by atoms with Crippen molar-refractivity contribution in [2.75, 3.05) is 13.4 Å². The molecule has 1 aliphatic rings. The summed E-state index contributed by atoms with van der Waals surface area (Å²) in [5, 5.41) is 0. The number of nitrogens with one attached hydrogen (secondary N) is 1. The standard InChI is InChI=1S/C19H22N4O5S/c1-27-19(24)14-9-20-17(21-14)7-6-16(28-29(2,25)26)15-11-23-10-13(12-3-4-12)5-8-18(23)22-15/h5,8-12,16H,3-4,6-7H2,1-2H3,(H,20,21). The number of imidazole rings is 2. The first-order valence-electron chi connectivity index (χ1n) is 9.32. The Labute approximate surface area is 168 Å². The number of H-pyrrole nitrogens is 1. The molecule has 0 bridgehead atoms. The summed E-state index contributed by atoms with van der Waals surface area (Å²) in [4.78, 5) is 23.1. The molecule has 1 atom stereocenters. The van der Waals surface area contributed by atoms with Gasteiger partial charge in [-0.3, -0.25) is 4.18 Å². The van der Waals surface area contributed by atoms with Gasteiger partial charge in [0.05, 0.1) is 19.1 Å². The molecule has 4 rings (SSSR count). The summed E-state index contributed by atoms with van der Waals surface area (Å²) in [5.41, 5.74) is 2.69. The highest BCUT2D eigenvalue weighted by Crippen LogP contribution is 2.40. The predicted octanol–water partition coefficient (Wildman–Crippen LogP) is 2.37. The van der Waals surface area contributed by atoms with Gasteiger partial charge < -0.3 is 14.1 Å². The molecule has 0 radical (unpaired) electrons. The summed E-state index contributed by atoms with van der Waals surface area (Å²) in [6, 6.07) is 4.00. The number of methoxy groups -OCH3 is 1. The summed E-state index contributed by atoms with van der Waals surface area (Å²) in [7, 11) is -2.41. The molecule has 0 aliphatic heterocycles. The van der Waals surface area contributed by atoms with Crippen molar-refractivity contribution in [3.63, 3.8) is 0 Å². The molecule has 1 saturated carbocycles. The van der Waals surface area contributed by atoms with Crippen LogP contribution in [0.3, 0.4) is 0 Å². The van der Waals surface area contributed by atoms with Crippen molar-refractivity contribution in [3.05, 3.63) is 53.5 Å². The highest BCUT2D eigenvalue weighted by molar-refractivity contribution is 7.86. The van der Waals surface area contributed by atoms with Gasteiger partial charge in [-0.25, -0.2) is 14.8 Å². The number of carbonyl (C=O) groups is 1. The van der Waals surface area contributed by atoms with Crippen LogP contribution in [0.2, 0.25) is 0 Å². The molecule has 3 aromatic heterocycles. The Balaban J connectivity index is 1.55. The first-order chi connectivity index (χ1) is 13.8. The zero-order valence-electron chi connectivity index (χ0n) is 16.2. The van der Waals surface area contributed by atoms with E-state index in [9.17, 15) is 13.2 Å². The zero-order valence-corrected chi connectivity index (χ0v) is 17.0. The van der Waals surface area contributed by atoms with Crippen LogP contribution in [0.5, 0.6) is 0 Å². The molecule has 10 heteroatoms. The van der Waals surface area contributed by atoms with Crippen molar-refractivity contribution in [1.29, 1.82) is 0 Å². The third kappa shape index (κ3) is 4.65. The summed E-state index contributed by atoms with van der Waals surface area (Å²) in [5.74, 6) is 0.604. The largest absolute Gasteiger partial charge is 0.464 e. The molecular weight excluding hydrogens is 396 g/mol. The van der Waals surface area contributed by atoms with Crippen molar-refractivity contribution in [1.82, 2.24) is 19.4 Å². The second-order valence-corrected chi connectivity index (χ2v) is 8.82. The van der Waals surface area contributed by atoms with E-state index >= 15 is 0 Å². The fraction of sp³-hybridized carbons (Fsp3) is 0.421. The van der Waals surface area contributed by atoms with E-state index in [0.29, 0.717) is 30.3 Å². The molecule has 154 valence electrons. The van der Waals surface area contributed by atoms with E-state index in [1.165, 1.54) is 31.7 Å². The number of esters is 1. The van der Waals surface area contributed by atoms with E-state index < -0.39 is 22.2 Å². The second kappa shape index (κ2) is 7.60. The average Bonchev–Trinajstić information content (AvgIpc) is 3.26. The lowest BCUT2D eigenvalue weighted by Crippen LogP contribution is -2.12. The molecule has 1 unspecified atom stereocenters. The van der Waals surface area contributed by atoms with Crippen LogP contribution in [-0.2, 0) is 25.5 Å². The van der Waals surface area contributed by atoms with Gasteiger partial charge in [0.25, 0.3) is 10.1 Å². The van der Waals surface area contributed by atoms with Gasteiger partial charge in [-0.15, -0.1) is 0 Å². The molecule has 1 fully saturated rings. The summed E-state index contributed by atoms with van der Waals surface area (Å²) < 4.78 is 35.4. The maximum atomic E-state index is 11.8. The molecule has 0 aromatic carbocycles. The fourth-order valence-electron chi connectivity index (χ4n) is 3.26. The van der Waals surface area contributed by atoms with Crippen LogP contribution < -0.4 is 0 Å². The van der Waals surface area contributed by atoms with Gasteiger partial charge in [0.15, 0.2) is 5.69 Å². The van der Waals surface area contributed by atoms with Gasteiger partial charge in [-0.2, -0.15) is 8.42 Å². The molecule has 29 heavy (non-hydrogen) atoms. The van der Waals surface area contributed by atoms with Crippen LogP contribution >= 0.6 is 0 Å². The number of aromatic nitrogens is 4.